The van der Waals surface area contributed by atoms with Gasteiger partial charge in [-0.3, -0.25) is 9.98 Å². The summed E-state index contributed by atoms with van der Waals surface area (Å²) < 4.78 is 0. The van der Waals surface area contributed by atoms with Crippen LogP contribution in [0.15, 0.2) is 59.7 Å². The van der Waals surface area contributed by atoms with E-state index in [0.717, 1.165) is 32.8 Å². The number of halogens is 1. The lowest BCUT2D eigenvalue weighted by atomic mass is 9.66. The summed E-state index contributed by atoms with van der Waals surface area (Å²) in [6, 6.07) is 16.5. The van der Waals surface area contributed by atoms with Crippen molar-refractivity contribution in [1.29, 1.82) is 0 Å². The van der Waals surface area contributed by atoms with E-state index < -0.39 is 0 Å². The van der Waals surface area contributed by atoms with Crippen molar-refractivity contribution in [3.63, 3.8) is 0 Å². The van der Waals surface area contributed by atoms with Crippen LogP contribution in [-0.2, 0) is 5.41 Å². The van der Waals surface area contributed by atoms with Crippen LogP contribution in [0.3, 0.4) is 0 Å². The first kappa shape index (κ1) is 16.3. The molecule has 0 N–H and O–H groups in total. The predicted molar refractivity (Wildman–Crippen MR) is 106 cm³/mol. The van der Waals surface area contributed by atoms with Crippen LogP contribution in [0, 0.1) is 0 Å². The third kappa shape index (κ3) is 2.47. The van der Waals surface area contributed by atoms with Gasteiger partial charge in [0.15, 0.2) is 0 Å². The molecule has 0 saturated heterocycles. The Balaban J connectivity index is 1.98. The first-order valence-corrected chi connectivity index (χ1v) is 8.93. The van der Waals surface area contributed by atoms with Gasteiger partial charge in [0.05, 0.1) is 16.8 Å². The van der Waals surface area contributed by atoms with Crippen LogP contribution in [0.2, 0.25) is 5.02 Å². The lowest BCUT2D eigenvalue weighted by Gasteiger charge is -2.44. The molecule has 2 heterocycles. The molecule has 1 aliphatic rings. The standard InChI is InChI=1S/C22H21ClN2/c1-21(2)18-12-16(23)9-10-17(18)20(25-22(21,3)4)15-11-14-7-5-6-8-19(14)24-13-15/h5-13H,1-4H3. The summed E-state index contributed by atoms with van der Waals surface area (Å²) in [5, 5.41) is 1.89. The zero-order valence-corrected chi connectivity index (χ0v) is 15.7. The summed E-state index contributed by atoms with van der Waals surface area (Å²) in [6.07, 6.45) is 1.92. The molecule has 0 atom stereocenters. The summed E-state index contributed by atoms with van der Waals surface area (Å²) in [5.74, 6) is 0. The van der Waals surface area contributed by atoms with Crippen LogP contribution in [0.4, 0.5) is 0 Å². The molecule has 1 aliphatic heterocycles. The number of aromatic nitrogens is 1. The van der Waals surface area contributed by atoms with E-state index in [0.29, 0.717) is 0 Å². The zero-order chi connectivity index (χ0) is 17.8. The van der Waals surface area contributed by atoms with Crippen LogP contribution < -0.4 is 0 Å². The molecule has 1 aromatic heterocycles. The minimum atomic E-state index is -0.244. The largest absolute Gasteiger partial charge is 0.277 e. The third-order valence-corrected chi connectivity index (χ3v) is 5.93. The van der Waals surface area contributed by atoms with Crippen molar-refractivity contribution in [3.05, 3.63) is 76.4 Å². The third-order valence-electron chi connectivity index (χ3n) is 5.69. The van der Waals surface area contributed by atoms with Gasteiger partial charge in [-0.05, 0) is 43.7 Å². The highest BCUT2D eigenvalue weighted by Gasteiger charge is 2.43. The maximum atomic E-state index is 6.32. The van der Waals surface area contributed by atoms with E-state index in [1.54, 1.807) is 0 Å². The highest BCUT2D eigenvalue weighted by atomic mass is 35.5. The minimum Gasteiger partial charge on any atom is -0.277 e. The average Bonchev–Trinajstić information content (AvgIpc) is 2.58. The number of hydrogen-bond acceptors (Lipinski definition) is 2. The Bertz CT molecular complexity index is 1020. The second kappa shape index (κ2) is 5.40. The highest BCUT2D eigenvalue weighted by molar-refractivity contribution is 6.31. The van der Waals surface area contributed by atoms with Gasteiger partial charge in [-0.1, -0.05) is 49.7 Å². The smallest absolute Gasteiger partial charge is 0.0744 e. The van der Waals surface area contributed by atoms with Gasteiger partial charge in [0.25, 0.3) is 0 Å². The Labute approximate surface area is 153 Å². The second-order valence-electron chi connectivity index (χ2n) is 7.75. The van der Waals surface area contributed by atoms with Gasteiger partial charge in [0.2, 0.25) is 0 Å². The van der Waals surface area contributed by atoms with Gasteiger partial charge in [-0.25, -0.2) is 0 Å². The molecule has 3 aromatic rings. The molecule has 0 bridgehead atoms. The highest BCUT2D eigenvalue weighted by Crippen LogP contribution is 2.44. The fourth-order valence-electron chi connectivity index (χ4n) is 3.47. The van der Waals surface area contributed by atoms with Gasteiger partial charge in [-0.2, -0.15) is 0 Å². The molecule has 2 nitrogen and oxygen atoms in total. The first-order chi connectivity index (χ1) is 11.8. The zero-order valence-electron chi connectivity index (χ0n) is 15.0. The molecule has 0 aliphatic carbocycles. The monoisotopic (exact) mass is 348 g/mol. The van der Waals surface area contributed by atoms with Crippen LogP contribution in [0.1, 0.15) is 44.4 Å². The van der Waals surface area contributed by atoms with Gasteiger partial charge in [0, 0.05) is 33.1 Å². The molecule has 0 spiro atoms. The molecule has 0 saturated carbocycles. The van der Waals surface area contributed by atoms with Crippen molar-refractivity contribution in [3.8, 4) is 0 Å². The van der Waals surface area contributed by atoms with Crippen LogP contribution in [0.25, 0.3) is 10.9 Å². The molecule has 2 aromatic carbocycles. The quantitative estimate of drug-likeness (QED) is 0.546. The van der Waals surface area contributed by atoms with Crippen LogP contribution in [0.5, 0.6) is 0 Å². The van der Waals surface area contributed by atoms with Crippen molar-refractivity contribution in [2.45, 2.75) is 38.6 Å². The second-order valence-corrected chi connectivity index (χ2v) is 8.19. The van der Waals surface area contributed by atoms with Crippen molar-refractivity contribution < 1.29 is 0 Å². The van der Waals surface area contributed by atoms with E-state index in [2.05, 4.69) is 56.9 Å². The Kier molecular flexibility index (Phi) is 3.52. The number of nitrogens with zero attached hydrogens (tertiary/aromatic N) is 2. The summed E-state index contributed by atoms with van der Waals surface area (Å²) in [4.78, 5) is 9.77. The topological polar surface area (TPSA) is 25.2 Å². The number of fused-ring (bicyclic) bond motifs is 2. The van der Waals surface area contributed by atoms with Gasteiger partial charge in [0.1, 0.15) is 0 Å². The Morgan fingerprint density at radius 1 is 0.920 bits per heavy atom. The number of pyridine rings is 1. The lowest BCUT2D eigenvalue weighted by molar-refractivity contribution is 0.303. The summed E-state index contributed by atoms with van der Waals surface area (Å²) in [7, 11) is 0. The van der Waals surface area contributed by atoms with Crippen LogP contribution in [-0.4, -0.2) is 16.2 Å². The maximum Gasteiger partial charge on any atom is 0.0744 e. The molecule has 0 radical (unpaired) electrons. The number of rotatable bonds is 1. The van der Waals surface area contributed by atoms with E-state index in [1.807, 2.05) is 30.5 Å². The summed E-state index contributed by atoms with van der Waals surface area (Å²) in [5.41, 5.74) is 5.07. The van der Waals surface area contributed by atoms with E-state index >= 15 is 0 Å². The predicted octanol–water partition coefficient (Wildman–Crippen LogP) is 5.80. The van der Waals surface area contributed by atoms with Crippen molar-refractivity contribution in [2.24, 2.45) is 4.99 Å². The van der Waals surface area contributed by atoms with Gasteiger partial charge in [-0.15, -0.1) is 0 Å². The Morgan fingerprint density at radius 2 is 1.68 bits per heavy atom. The summed E-state index contributed by atoms with van der Waals surface area (Å²) in [6.45, 7) is 8.85. The number of hydrogen-bond donors (Lipinski definition) is 0. The molecular formula is C22H21ClN2. The fourth-order valence-corrected chi connectivity index (χ4v) is 3.64. The Hall–Kier alpha value is -2.19. The average molecular weight is 349 g/mol. The van der Waals surface area contributed by atoms with Crippen molar-refractivity contribution in [2.75, 3.05) is 0 Å². The molecule has 0 amide bonds. The SMILES string of the molecule is CC1(C)N=C(c2cnc3ccccc3c2)c2ccc(Cl)cc2C1(C)C. The normalized spacial score (nSPS) is 17.9. The molecule has 4 rings (SSSR count). The molecule has 126 valence electrons. The lowest BCUT2D eigenvalue weighted by Crippen LogP contribution is -2.46. The van der Waals surface area contributed by atoms with E-state index in [4.69, 9.17) is 16.6 Å². The van der Waals surface area contributed by atoms with Gasteiger partial charge < -0.3 is 0 Å². The molecule has 0 unspecified atom stereocenters. The van der Waals surface area contributed by atoms with Crippen molar-refractivity contribution >= 4 is 28.2 Å². The van der Waals surface area contributed by atoms with Crippen molar-refractivity contribution in [1.82, 2.24) is 4.98 Å². The fraction of sp³-hybridized carbons (Fsp3) is 0.273. The van der Waals surface area contributed by atoms with E-state index in [9.17, 15) is 0 Å². The number of aliphatic imine (C=N–C) groups is 1. The Morgan fingerprint density at radius 3 is 2.48 bits per heavy atom. The maximum absolute atomic E-state index is 6.32. The minimum absolute atomic E-state index is 0.110. The van der Waals surface area contributed by atoms with Gasteiger partial charge >= 0.3 is 0 Å². The summed E-state index contributed by atoms with van der Waals surface area (Å²) >= 11 is 6.32. The molecular weight excluding hydrogens is 328 g/mol. The van der Waals surface area contributed by atoms with E-state index in [1.165, 1.54) is 5.56 Å². The van der Waals surface area contributed by atoms with Crippen LogP contribution >= 0.6 is 11.6 Å². The number of benzene rings is 2. The first-order valence-electron chi connectivity index (χ1n) is 8.55. The van der Waals surface area contributed by atoms with E-state index in [-0.39, 0.29) is 11.0 Å². The molecule has 0 fully saturated rings. The number of para-hydroxylation sites is 1. The molecule has 3 heteroatoms. The molecule has 25 heavy (non-hydrogen) atoms.